The molecular formula is C50H30N4O. The number of para-hydroxylation sites is 1. The van der Waals surface area contributed by atoms with Gasteiger partial charge < -0.3 is 4.42 Å². The predicted molar refractivity (Wildman–Crippen MR) is 225 cm³/mol. The van der Waals surface area contributed by atoms with Gasteiger partial charge >= 0.3 is 0 Å². The molecule has 0 aliphatic rings. The zero-order chi connectivity index (χ0) is 36.3. The summed E-state index contributed by atoms with van der Waals surface area (Å²) in [6, 6.07) is 60.9. The average molecular weight is 703 g/mol. The molecular weight excluding hydrogens is 673 g/mol. The van der Waals surface area contributed by atoms with Crippen molar-refractivity contribution >= 4 is 54.4 Å². The summed E-state index contributed by atoms with van der Waals surface area (Å²) in [5.41, 5.74) is 9.93. The van der Waals surface area contributed by atoms with Gasteiger partial charge in [-0.1, -0.05) is 146 Å². The van der Waals surface area contributed by atoms with Crippen molar-refractivity contribution in [1.29, 1.82) is 0 Å². The smallest absolute Gasteiger partial charge is 0.164 e. The first-order chi connectivity index (χ1) is 27.2. The molecule has 11 aromatic rings. The van der Waals surface area contributed by atoms with Crippen molar-refractivity contribution in [2.45, 2.75) is 0 Å². The molecule has 0 saturated carbocycles. The Labute approximate surface area is 316 Å². The van der Waals surface area contributed by atoms with Crippen molar-refractivity contribution in [3.05, 3.63) is 182 Å². The topological polar surface area (TPSA) is 64.7 Å². The van der Waals surface area contributed by atoms with Crippen molar-refractivity contribution < 1.29 is 4.42 Å². The van der Waals surface area contributed by atoms with E-state index in [1.165, 1.54) is 21.5 Å². The first-order valence-corrected chi connectivity index (χ1v) is 18.4. The third-order valence-corrected chi connectivity index (χ3v) is 10.6. The molecule has 0 N–H and O–H groups in total. The van der Waals surface area contributed by atoms with Gasteiger partial charge in [-0.05, 0) is 68.7 Å². The van der Waals surface area contributed by atoms with Crippen LogP contribution in [0.2, 0.25) is 0 Å². The lowest BCUT2D eigenvalue weighted by molar-refractivity contribution is 0.669. The highest BCUT2D eigenvalue weighted by Gasteiger charge is 2.17. The number of fused-ring (bicyclic) bond motifs is 8. The minimum Gasteiger partial charge on any atom is -0.456 e. The average Bonchev–Trinajstić information content (AvgIpc) is 3.65. The molecule has 5 heteroatoms. The molecule has 0 amide bonds. The lowest BCUT2D eigenvalue weighted by atomic mass is 9.92. The van der Waals surface area contributed by atoms with Crippen LogP contribution in [-0.4, -0.2) is 19.9 Å². The zero-order valence-electron chi connectivity index (χ0n) is 29.5. The van der Waals surface area contributed by atoms with Gasteiger partial charge in [0.05, 0.1) is 5.52 Å². The maximum absolute atomic E-state index is 6.22. The Kier molecular flexibility index (Phi) is 7.10. The number of nitrogens with zero attached hydrogens (tertiary/aromatic N) is 4. The summed E-state index contributed by atoms with van der Waals surface area (Å²) in [6.07, 6.45) is 1.88. The molecule has 0 atom stereocenters. The van der Waals surface area contributed by atoms with E-state index in [-0.39, 0.29) is 0 Å². The fourth-order valence-electron chi connectivity index (χ4n) is 7.96. The standard InChI is InChI=1S/C50H30N4O/c1-2-12-33(13-3-1)48-52-49(54-50(53-48)37-15-8-14-35(29-37)39-19-9-21-44-45(39)41-18-6-7-20-43(41)55-44)34-24-22-32(23-25-34)42-30-36-16-10-28-51-47(36)46-38-17-5-4-11-31(38)26-27-40(42)46/h1-30H. The van der Waals surface area contributed by atoms with E-state index in [1.807, 2.05) is 66.9 Å². The Bertz CT molecular complexity index is 3240. The lowest BCUT2D eigenvalue weighted by Gasteiger charge is -2.13. The molecule has 0 bridgehead atoms. The van der Waals surface area contributed by atoms with Crippen LogP contribution < -0.4 is 0 Å². The van der Waals surface area contributed by atoms with Crippen molar-refractivity contribution in [3.63, 3.8) is 0 Å². The van der Waals surface area contributed by atoms with Gasteiger partial charge in [0.2, 0.25) is 0 Å². The molecule has 5 nitrogen and oxygen atoms in total. The Hall–Kier alpha value is -7.50. The Morgan fingerprint density at radius 3 is 1.84 bits per heavy atom. The summed E-state index contributed by atoms with van der Waals surface area (Å²) in [4.78, 5) is 20.0. The van der Waals surface area contributed by atoms with Crippen molar-refractivity contribution in [2.24, 2.45) is 0 Å². The van der Waals surface area contributed by atoms with Gasteiger partial charge in [0.25, 0.3) is 0 Å². The van der Waals surface area contributed by atoms with E-state index in [2.05, 4.69) is 115 Å². The molecule has 0 spiro atoms. The highest BCUT2D eigenvalue weighted by molar-refractivity contribution is 6.22. The third-order valence-electron chi connectivity index (χ3n) is 10.6. The number of rotatable bonds is 5. The highest BCUT2D eigenvalue weighted by atomic mass is 16.3. The second-order valence-corrected chi connectivity index (χ2v) is 13.8. The Morgan fingerprint density at radius 1 is 0.345 bits per heavy atom. The molecule has 0 aliphatic heterocycles. The number of aromatic nitrogens is 4. The lowest BCUT2D eigenvalue weighted by Crippen LogP contribution is -2.00. The molecule has 55 heavy (non-hydrogen) atoms. The van der Waals surface area contributed by atoms with Gasteiger partial charge in [-0.25, -0.2) is 15.0 Å². The number of pyridine rings is 1. The van der Waals surface area contributed by atoms with Gasteiger partial charge in [-0.15, -0.1) is 0 Å². The van der Waals surface area contributed by atoms with Crippen LogP contribution in [-0.2, 0) is 0 Å². The molecule has 0 aliphatic carbocycles. The largest absolute Gasteiger partial charge is 0.456 e. The summed E-state index contributed by atoms with van der Waals surface area (Å²) >= 11 is 0. The van der Waals surface area contributed by atoms with Crippen LogP contribution in [0.1, 0.15) is 0 Å². The summed E-state index contributed by atoms with van der Waals surface area (Å²) in [5.74, 6) is 1.85. The van der Waals surface area contributed by atoms with E-state index in [9.17, 15) is 0 Å². The van der Waals surface area contributed by atoms with E-state index in [0.717, 1.165) is 71.8 Å². The first kappa shape index (κ1) is 31.1. The van der Waals surface area contributed by atoms with E-state index >= 15 is 0 Å². The van der Waals surface area contributed by atoms with Crippen molar-refractivity contribution in [3.8, 4) is 56.4 Å². The molecule has 0 fully saturated rings. The molecule has 8 aromatic carbocycles. The van der Waals surface area contributed by atoms with Crippen LogP contribution in [0.15, 0.2) is 187 Å². The minimum absolute atomic E-state index is 0.610. The summed E-state index contributed by atoms with van der Waals surface area (Å²) in [7, 11) is 0. The van der Waals surface area contributed by atoms with Crippen LogP contribution >= 0.6 is 0 Å². The number of hydrogen-bond acceptors (Lipinski definition) is 5. The van der Waals surface area contributed by atoms with Gasteiger partial charge in [0, 0.05) is 44.4 Å². The quantitative estimate of drug-likeness (QED) is 0.167. The monoisotopic (exact) mass is 702 g/mol. The van der Waals surface area contributed by atoms with E-state index < -0.39 is 0 Å². The number of furan rings is 1. The van der Waals surface area contributed by atoms with Crippen LogP contribution in [0.3, 0.4) is 0 Å². The van der Waals surface area contributed by atoms with Crippen LogP contribution in [0.25, 0.3) is 111 Å². The predicted octanol–water partition coefficient (Wildman–Crippen LogP) is 13.0. The molecule has 0 unspecified atom stereocenters. The van der Waals surface area contributed by atoms with Crippen LogP contribution in [0.5, 0.6) is 0 Å². The molecule has 256 valence electrons. The van der Waals surface area contributed by atoms with Gasteiger partial charge in [-0.2, -0.15) is 0 Å². The van der Waals surface area contributed by atoms with E-state index in [1.54, 1.807) is 0 Å². The zero-order valence-corrected chi connectivity index (χ0v) is 29.5. The van der Waals surface area contributed by atoms with Gasteiger partial charge in [0.15, 0.2) is 17.5 Å². The van der Waals surface area contributed by atoms with Crippen molar-refractivity contribution in [2.75, 3.05) is 0 Å². The van der Waals surface area contributed by atoms with Crippen LogP contribution in [0.4, 0.5) is 0 Å². The number of benzene rings is 8. The second kappa shape index (κ2) is 12.6. The maximum atomic E-state index is 6.22. The van der Waals surface area contributed by atoms with E-state index in [0.29, 0.717) is 17.5 Å². The number of hydrogen-bond donors (Lipinski definition) is 0. The summed E-state index contributed by atoms with van der Waals surface area (Å²) in [6.45, 7) is 0. The van der Waals surface area contributed by atoms with Gasteiger partial charge in [-0.3, -0.25) is 4.98 Å². The summed E-state index contributed by atoms with van der Waals surface area (Å²) in [5, 5.41) is 8.05. The SMILES string of the molecule is c1ccc(-c2nc(-c3ccc(-c4cc5cccnc5c5c4ccc4ccccc45)cc3)nc(-c3cccc(-c4cccc5oc6ccccc6c45)c3)n2)cc1. The van der Waals surface area contributed by atoms with E-state index in [4.69, 9.17) is 24.4 Å². The fourth-order valence-corrected chi connectivity index (χ4v) is 7.96. The minimum atomic E-state index is 0.610. The molecule has 11 rings (SSSR count). The van der Waals surface area contributed by atoms with Crippen molar-refractivity contribution in [1.82, 2.24) is 19.9 Å². The first-order valence-electron chi connectivity index (χ1n) is 18.4. The molecule has 3 heterocycles. The summed E-state index contributed by atoms with van der Waals surface area (Å²) < 4.78 is 6.22. The van der Waals surface area contributed by atoms with Gasteiger partial charge in [0.1, 0.15) is 11.2 Å². The third kappa shape index (κ3) is 5.24. The maximum Gasteiger partial charge on any atom is 0.164 e. The molecule has 0 radical (unpaired) electrons. The Morgan fingerprint density at radius 2 is 0.982 bits per heavy atom. The second-order valence-electron chi connectivity index (χ2n) is 13.8. The Balaban J connectivity index is 1.04. The van der Waals surface area contributed by atoms with Crippen LogP contribution in [0, 0.1) is 0 Å². The highest BCUT2D eigenvalue weighted by Crippen LogP contribution is 2.40. The molecule has 3 aromatic heterocycles. The molecule has 0 saturated heterocycles. The fraction of sp³-hybridized carbons (Fsp3) is 0. The normalized spacial score (nSPS) is 11.6.